The normalized spacial score (nSPS) is 10.0. The molecule has 0 radical (unpaired) electrons. The van der Waals surface area contributed by atoms with Crippen LogP contribution in [0.1, 0.15) is 10.4 Å². The van der Waals surface area contributed by atoms with Crippen molar-refractivity contribution in [3.63, 3.8) is 0 Å². The van der Waals surface area contributed by atoms with Crippen molar-refractivity contribution >= 4 is 21.9 Å². The molecule has 0 spiro atoms. The second-order valence-corrected chi connectivity index (χ2v) is 4.11. The molecule has 17 heavy (non-hydrogen) atoms. The Morgan fingerprint density at radius 3 is 2.41 bits per heavy atom. The lowest BCUT2D eigenvalue weighted by molar-refractivity contribution is 0.0601. The minimum absolute atomic E-state index is 0.349. The molecule has 2 rings (SSSR count). The molecule has 1 heterocycles. The van der Waals surface area contributed by atoms with Crippen molar-refractivity contribution in [2.45, 2.75) is 0 Å². The summed E-state index contributed by atoms with van der Waals surface area (Å²) in [6.07, 6.45) is 3.29. The molecule has 1 aromatic heterocycles. The highest BCUT2D eigenvalue weighted by Crippen LogP contribution is 2.17. The van der Waals surface area contributed by atoms with E-state index in [0.717, 1.165) is 11.3 Å². The smallest absolute Gasteiger partial charge is 0.337 e. The van der Waals surface area contributed by atoms with E-state index < -0.39 is 0 Å². The van der Waals surface area contributed by atoms with E-state index in [-0.39, 0.29) is 5.97 Å². The van der Waals surface area contributed by atoms with E-state index in [0.29, 0.717) is 10.2 Å². The minimum atomic E-state index is -0.349. The van der Waals surface area contributed by atoms with Gasteiger partial charge >= 0.3 is 5.97 Å². The van der Waals surface area contributed by atoms with E-state index in [9.17, 15) is 4.79 Å². The lowest BCUT2D eigenvalue weighted by Gasteiger charge is -2.02. The average molecular weight is 293 g/mol. The van der Waals surface area contributed by atoms with Crippen LogP contribution in [-0.4, -0.2) is 23.0 Å². The van der Waals surface area contributed by atoms with Crippen LogP contribution < -0.4 is 0 Å². The number of aromatic nitrogens is 2. The van der Waals surface area contributed by atoms with Crippen LogP contribution in [0.4, 0.5) is 0 Å². The molecule has 0 amide bonds. The van der Waals surface area contributed by atoms with Gasteiger partial charge in [0.1, 0.15) is 4.60 Å². The summed E-state index contributed by atoms with van der Waals surface area (Å²) in [6, 6.07) is 7.02. The number of esters is 1. The average Bonchev–Trinajstić information content (AvgIpc) is 2.39. The maximum absolute atomic E-state index is 11.2. The van der Waals surface area contributed by atoms with Gasteiger partial charge in [-0.25, -0.2) is 9.78 Å². The maximum Gasteiger partial charge on any atom is 0.337 e. The molecule has 4 nitrogen and oxygen atoms in total. The third kappa shape index (κ3) is 2.68. The number of hydrogen-bond donors (Lipinski definition) is 0. The molecule has 0 saturated carbocycles. The summed E-state index contributed by atoms with van der Waals surface area (Å²) < 4.78 is 5.31. The minimum Gasteiger partial charge on any atom is -0.465 e. The Hall–Kier alpha value is -1.75. The molecule has 0 atom stereocenters. The van der Waals surface area contributed by atoms with E-state index in [1.54, 1.807) is 24.5 Å². The number of carbonyl (C=O) groups excluding carboxylic acids is 1. The monoisotopic (exact) mass is 292 g/mol. The first-order chi connectivity index (χ1) is 8.20. The number of halogens is 1. The fourth-order valence-corrected chi connectivity index (χ4v) is 1.56. The van der Waals surface area contributed by atoms with Crippen LogP contribution in [0.5, 0.6) is 0 Å². The van der Waals surface area contributed by atoms with Crippen LogP contribution in [0.15, 0.2) is 41.3 Å². The fourth-order valence-electron chi connectivity index (χ4n) is 1.36. The molecule has 0 aliphatic rings. The van der Waals surface area contributed by atoms with Gasteiger partial charge in [-0.15, -0.1) is 0 Å². The van der Waals surface area contributed by atoms with Crippen LogP contribution >= 0.6 is 15.9 Å². The number of ether oxygens (including phenoxy) is 1. The summed E-state index contributed by atoms with van der Waals surface area (Å²) in [6.45, 7) is 0. The van der Waals surface area contributed by atoms with Gasteiger partial charge < -0.3 is 4.74 Å². The third-order valence-electron chi connectivity index (χ3n) is 2.22. The van der Waals surface area contributed by atoms with E-state index in [4.69, 9.17) is 0 Å². The van der Waals surface area contributed by atoms with Gasteiger partial charge in [0.25, 0.3) is 0 Å². The fraction of sp³-hybridized carbons (Fsp3) is 0.0833. The first kappa shape index (κ1) is 11.7. The summed E-state index contributed by atoms with van der Waals surface area (Å²) in [4.78, 5) is 19.6. The Morgan fingerprint density at radius 1 is 1.18 bits per heavy atom. The van der Waals surface area contributed by atoms with Crippen molar-refractivity contribution in [3.05, 3.63) is 46.8 Å². The molecule has 5 heteroatoms. The van der Waals surface area contributed by atoms with Crippen LogP contribution in [0.2, 0.25) is 0 Å². The summed E-state index contributed by atoms with van der Waals surface area (Å²) in [7, 11) is 1.36. The summed E-state index contributed by atoms with van der Waals surface area (Å²) in [5, 5.41) is 0. The zero-order valence-corrected chi connectivity index (χ0v) is 10.6. The number of methoxy groups -OCH3 is 1. The zero-order chi connectivity index (χ0) is 12.3. The van der Waals surface area contributed by atoms with Crippen molar-refractivity contribution in [1.82, 2.24) is 9.97 Å². The second-order valence-electron chi connectivity index (χ2n) is 3.29. The van der Waals surface area contributed by atoms with Crippen molar-refractivity contribution in [1.29, 1.82) is 0 Å². The van der Waals surface area contributed by atoms with Crippen molar-refractivity contribution < 1.29 is 9.53 Å². The Balaban J connectivity index is 2.29. The number of nitrogens with zero attached hydrogens (tertiary/aromatic N) is 2. The first-order valence-corrected chi connectivity index (χ1v) is 5.66. The molecule has 86 valence electrons. The topological polar surface area (TPSA) is 52.1 Å². The highest BCUT2D eigenvalue weighted by atomic mass is 79.9. The van der Waals surface area contributed by atoms with Crippen molar-refractivity contribution in [3.8, 4) is 11.3 Å². The van der Waals surface area contributed by atoms with Gasteiger partial charge in [-0.1, -0.05) is 12.1 Å². The van der Waals surface area contributed by atoms with Crippen LogP contribution in [0.3, 0.4) is 0 Å². The van der Waals surface area contributed by atoms with E-state index in [1.807, 2.05) is 12.1 Å². The van der Waals surface area contributed by atoms with Crippen LogP contribution in [-0.2, 0) is 4.74 Å². The molecule has 1 aromatic carbocycles. The van der Waals surface area contributed by atoms with Gasteiger partial charge in [-0.2, -0.15) is 0 Å². The summed E-state index contributed by atoms with van der Waals surface area (Å²) >= 11 is 3.22. The van der Waals surface area contributed by atoms with E-state index in [2.05, 4.69) is 30.6 Å². The predicted octanol–water partition coefficient (Wildman–Crippen LogP) is 2.69. The number of rotatable bonds is 2. The molecule has 0 N–H and O–H groups in total. The maximum atomic E-state index is 11.2. The van der Waals surface area contributed by atoms with Gasteiger partial charge in [0.15, 0.2) is 0 Å². The third-order valence-corrected chi connectivity index (χ3v) is 2.63. The van der Waals surface area contributed by atoms with E-state index in [1.165, 1.54) is 7.11 Å². The highest BCUT2D eigenvalue weighted by molar-refractivity contribution is 9.10. The molecule has 2 aromatic rings. The van der Waals surface area contributed by atoms with E-state index >= 15 is 0 Å². The number of benzene rings is 1. The molecular weight excluding hydrogens is 284 g/mol. The molecule has 0 aliphatic heterocycles. The van der Waals surface area contributed by atoms with Gasteiger partial charge in [-0.05, 0) is 28.1 Å². The summed E-state index contributed by atoms with van der Waals surface area (Å²) in [5.74, 6) is -0.349. The standard InChI is InChI=1S/C12H9BrN2O2/c1-17-12(16)9-4-2-8(3-5-9)10-6-15-11(13)7-14-10/h2-7H,1H3. The van der Waals surface area contributed by atoms with Crippen molar-refractivity contribution in [2.24, 2.45) is 0 Å². The Labute approximate surface area is 107 Å². The quantitative estimate of drug-likeness (QED) is 0.799. The number of carbonyl (C=O) groups is 1. The van der Waals surface area contributed by atoms with Crippen LogP contribution in [0.25, 0.3) is 11.3 Å². The molecular formula is C12H9BrN2O2. The largest absolute Gasteiger partial charge is 0.465 e. The van der Waals surface area contributed by atoms with Gasteiger partial charge in [-0.3, -0.25) is 4.98 Å². The Morgan fingerprint density at radius 2 is 1.88 bits per heavy atom. The molecule has 0 unspecified atom stereocenters. The molecule has 0 fully saturated rings. The highest BCUT2D eigenvalue weighted by Gasteiger charge is 2.05. The van der Waals surface area contributed by atoms with Gasteiger partial charge in [0, 0.05) is 5.56 Å². The SMILES string of the molecule is COC(=O)c1ccc(-c2cnc(Br)cn2)cc1. The lowest BCUT2D eigenvalue weighted by Crippen LogP contribution is -2.00. The lowest BCUT2D eigenvalue weighted by atomic mass is 10.1. The Kier molecular flexibility index (Phi) is 3.49. The van der Waals surface area contributed by atoms with Gasteiger partial charge in [0.2, 0.25) is 0 Å². The molecule has 0 aliphatic carbocycles. The zero-order valence-electron chi connectivity index (χ0n) is 9.05. The van der Waals surface area contributed by atoms with Crippen LogP contribution in [0, 0.1) is 0 Å². The second kappa shape index (κ2) is 5.05. The van der Waals surface area contributed by atoms with Gasteiger partial charge in [0.05, 0.1) is 30.8 Å². The molecule has 0 bridgehead atoms. The number of hydrogen-bond acceptors (Lipinski definition) is 4. The molecule has 0 saturated heterocycles. The van der Waals surface area contributed by atoms with Crippen molar-refractivity contribution in [2.75, 3.05) is 7.11 Å². The summed E-state index contributed by atoms with van der Waals surface area (Å²) in [5.41, 5.74) is 2.17. The first-order valence-electron chi connectivity index (χ1n) is 4.87. The Bertz CT molecular complexity index is 523. The predicted molar refractivity (Wildman–Crippen MR) is 66.5 cm³/mol.